The third-order valence-corrected chi connectivity index (χ3v) is 3.92. The van der Waals surface area contributed by atoms with Crippen molar-refractivity contribution in [2.75, 3.05) is 13.2 Å². The predicted octanol–water partition coefficient (Wildman–Crippen LogP) is 3.89. The Bertz CT molecular complexity index is 358. The summed E-state index contributed by atoms with van der Waals surface area (Å²) < 4.78 is 5.90. The standard InChI is InChI=1S/C17H27NO/c1-2-18-12-16-9-6-10-17(11-16)14-19-13-15-7-4-3-5-8-15/h6,9-11,15,18H,2-5,7-8,12-14H2,1H3. The third kappa shape index (κ3) is 5.33. The van der Waals surface area contributed by atoms with Crippen molar-refractivity contribution in [3.63, 3.8) is 0 Å². The molecule has 0 unspecified atom stereocenters. The second-order valence-electron chi connectivity index (χ2n) is 5.62. The predicted molar refractivity (Wildman–Crippen MR) is 80.1 cm³/mol. The average molecular weight is 261 g/mol. The summed E-state index contributed by atoms with van der Waals surface area (Å²) in [5.41, 5.74) is 2.65. The molecule has 2 nitrogen and oxygen atoms in total. The van der Waals surface area contributed by atoms with Gasteiger partial charge in [0.25, 0.3) is 0 Å². The van der Waals surface area contributed by atoms with Crippen molar-refractivity contribution in [1.29, 1.82) is 0 Å². The Morgan fingerprint density at radius 1 is 1.16 bits per heavy atom. The van der Waals surface area contributed by atoms with Crippen LogP contribution in [0.5, 0.6) is 0 Å². The smallest absolute Gasteiger partial charge is 0.0717 e. The first kappa shape index (κ1) is 14.5. The lowest BCUT2D eigenvalue weighted by atomic mass is 9.90. The molecule has 1 aromatic carbocycles. The van der Waals surface area contributed by atoms with Crippen molar-refractivity contribution >= 4 is 0 Å². The minimum atomic E-state index is 0.760. The van der Waals surface area contributed by atoms with E-state index in [-0.39, 0.29) is 0 Å². The van der Waals surface area contributed by atoms with Crippen LogP contribution in [-0.4, -0.2) is 13.2 Å². The van der Waals surface area contributed by atoms with Crippen LogP contribution in [0.15, 0.2) is 24.3 Å². The van der Waals surface area contributed by atoms with Crippen molar-refractivity contribution in [3.8, 4) is 0 Å². The van der Waals surface area contributed by atoms with Gasteiger partial charge >= 0.3 is 0 Å². The molecule has 1 N–H and O–H groups in total. The molecule has 0 radical (unpaired) electrons. The number of hydrogen-bond acceptors (Lipinski definition) is 2. The summed E-state index contributed by atoms with van der Waals surface area (Å²) in [5.74, 6) is 0.804. The second-order valence-corrected chi connectivity index (χ2v) is 5.62. The molecule has 1 fully saturated rings. The molecule has 106 valence electrons. The molecule has 0 bridgehead atoms. The van der Waals surface area contributed by atoms with Gasteiger partial charge in [-0.05, 0) is 36.4 Å². The van der Waals surface area contributed by atoms with Crippen molar-refractivity contribution in [3.05, 3.63) is 35.4 Å². The monoisotopic (exact) mass is 261 g/mol. The summed E-state index contributed by atoms with van der Waals surface area (Å²) in [7, 11) is 0. The first-order valence-electron chi connectivity index (χ1n) is 7.74. The van der Waals surface area contributed by atoms with Crippen LogP contribution in [0, 0.1) is 5.92 Å². The summed E-state index contributed by atoms with van der Waals surface area (Å²) in [5, 5.41) is 3.36. The zero-order valence-electron chi connectivity index (χ0n) is 12.2. The van der Waals surface area contributed by atoms with E-state index in [1.165, 1.54) is 43.2 Å². The Hall–Kier alpha value is -0.860. The lowest BCUT2D eigenvalue weighted by Crippen LogP contribution is -2.13. The zero-order chi connectivity index (χ0) is 13.3. The lowest BCUT2D eigenvalue weighted by Gasteiger charge is -2.21. The number of hydrogen-bond donors (Lipinski definition) is 1. The van der Waals surface area contributed by atoms with E-state index in [1.54, 1.807) is 0 Å². The van der Waals surface area contributed by atoms with E-state index in [9.17, 15) is 0 Å². The van der Waals surface area contributed by atoms with Gasteiger partial charge in [-0.15, -0.1) is 0 Å². The Kier molecular flexibility index (Phi) is 6.38. The van der Waals surface area contributed by atoms with Crippen LogP contribution >= 0.6 is 0 Å². The molecular weight excluding hydrogens is 234 g/mol. The van der Waals surface area contributed by atoms with E-state index >= 15 is 0 Å². The van der Waals surface area contributed by atoms with E-state index in [2.05, 4.69) is 36.5 Å². The molecule has 0 saturated heterocycles. The highest BCUT2D eigenvalue weighted by molar-refractivity contribution is 5.22. The first-order valence-corrected chi connectivity index (χ1v) is 7.74. The van der Waals surface area contributed by atoms with Crippen LogP contribution in [0.4, 0.5) is 0 Å². The molecule has 0 amide bonds. The van der Waals surface area contributed by atoms with Gasteiger partial charge in [0.2, 0.25) is 0 Å². The molecule has 2 rings (SSSR count). The lowest BCUT2D eigenvalue weighted by molar-refractivity contribution is 0.0739. The van der Waals surface area contributed by atoms with E-state index < -0.39 is 0 Å². The maximum Gasteiger partial charge on any atom is 0.0717 e. The highest BCUT2D eigenvalue weighted by Crippen LogP contribution is 2.24. The molecule has 19 heavy (non-hydrogen) atoms. The van der Waals surface area contributed by atoms with Gasteiger partial charge < -0.3 is 10.1 Å². The van der Waals surface area contributed by atoms with E-state index in [1.807, 2.05) is 0 Å². The SMILES string of the molecule is CCNCc1cccc(COCC2CCCCC2)c1. The minimum Gasteiger partial charge on any atom is -0.376 e. The number of rotatable bonds is 7. The summed E-state index contributed by atoms with van der Waals surface area (Å²) in [6.45, 7) is 5.81. The molecule has 0 aromatic heterocycles. The maximum absolute atomic E-state index is 5.90. The molecule has 0 spiro atoms. The number of benzene rings is 1. The molecular formula is C17H27NO. The van der Waals surface area contributed by atoms with Crippen LogP contribution in [-0.2, 0) is 17.9 Å². The van der Waals surface area contributed by atoms with Gasteiger partial charge in [-0.25, -0.2) is 0 Å². The zero-order valence-corrected chi connectivity index (χ0v) is 12.2. The van der Waals surface area contributed by atoms with E-state index in [4.69, 9.17) is 4.74 Å². The Morgan fingerprint density at radius 2 is 1.95 bits per heavy atom. The number of ether oxygens (including phenoxy) is 1. The Labute approximate surface area is 117 Å². The Morgan fingerprint density at radius 3 is 2.74 bits per heavy atom. The van der Waals surface area contributed by atoms with Crippen LogP contribution in [0.2, 0.25) is 0 Å². The van der Waals surface area contributed by atoms with Crippen molar-refractivity contribution in [2.45, 2.75) is 52.2 Å². The maximum atomic E-state index is 5.90. The third-order valence-electron chi connectivity index (χ3n) is 3.92. The molecule has 0 aliphatic heterocycles. The van der Waals surface area contributed by atoms with Crippen LogP contribution in [0.3, 0.4) is 0 Å². The average Bonchev–Trinajstić information content (AvgIpc) is 2.47. The molecule has 2 heteroatoms. The van der Waals surface area contributed by atoms with E-state index in [0.717, 1.165) is 32.2 Å². The van der Waals surface area contributed by atoms with Gasteiger partial charge in [0.1, 0.15) is 0 Å². The first-order chi connectivity index (χ1) is 9.38. The highest BCUT2D eigenvalue weighted by atomic mass is 16.5. The molecule has 0 heterocycles. The fourth-order valence-electron chi connectivity index (χ4n) is 2.80. The topological polar surface area (TPSA) is 21.3 Å². The van der Waals surface area contributed by atoms with Crippen LogP contribution in [0.25, 0.3) is 0 Å². The highest BCUT2D eigenvalue weighted by Gasteiger charge is 2.13. The summed E-state index contributed by atoms with van der Waals surface area (Å²) in [4.78, 5) is 0. The van der Waals surface area contributed by atoms with Gasteiger partial charge in [0.05, 0.1) is 6.61 Å². The molecule has 1 aromatic rings. The fraction of sp³-hybridized carbons (Fsp3) is 0.647. The van der Waals surface area contributed by atoms with Gasteiger partial charge in [-0.3, -0.25) is 0 Å². The molecule has 1 aliphatic carbocycles. The molecule has 1 aliphatic rings. The van der Waals surface area contributed by atoms with Gasteiger partial charge in [-0.1, -0.05) is 50.5 Å². The molecule has 1 saturated carbocycles. The van der Waals surface area contributed by atoms with E-state index in [0.29, 0.717) is 0 Å². The fourth-order valence-corrected chi connectivity index (χ4v) is 2.80. The summed E-state index contributed by atoms with van der Waals surface area (Å²) in [6.07, 6.45) is 6.93. The van der Waals surface area contributed by atoms with Crippen molar-refractivity contribution in [2.24, 2.45) is 5.92 Å². The van der Waals surface area contributed by atoms with Crippen LogP contribution in [0.1, 0.15) is 50.2 Å². The number of nitrogens with one attached hydrogen (secondary N) is 1. The van der Waals surface area contributed by atoms with Gasteiger partial charge in [-0.2, -0.15) is 0 Å². The quantitative estimate of drug-likeness (QED) is 0.804. The van der Waals surface area contributed by atoms with Gasteiger partial charge in [0, 0.05) is 13.2 Å². The Balaban J connectivity index is 1.72. The van der Waals surface area contributed by atoms with Crippen LogP contribution < -0.4 is 5.32 Å². The van der Waals surface area contributed by atoms with Gasteiger partial charge in [0.15, 0.2) is 0 Å². The second kappa shape index (κ2) is 8.34. The normalized spacial score (nSPS) is 16.7. The largest absolute Gasteiger partial charge is 0.376 e. The van der Waals surface area contributed by atoms with Crippen molar-refractivity contribution < 1.29 is 4.74 Å². The summed E-state index contributed by atoms with van der Waals surface area (Å²) >= 11 is 0. The molecule has 0 atom stereocenters. The van der Waals surface area contributed by atoms with Crippen molar-refractivity contribution in [1.82, 2.24) is 5.32 Å². The minimum absolute atomic E-state index is 0.760. The summed E-state index contributed by atoms with van der Waals surface area (Å²) in [6, 6.07) is 8.72.